The van der Waals surface area contributed by atoms with E-state index in [2.05, 4.69) is 46.1 Å². The largest absolute Gasteiger partial charge is 0.271 e. The molecular formula is C15H15N3S. The van der Waals surface area contributed by atoms with Crippen LogP contribution in [0.2, 0.25) is 0 Å². The second kappa shape index (κ2) is 5.09. The van der Waals surface area contributed by atoms with E-state index in [-0.39, 0.29) is 6.04 Å². The van der Waals surface area contributed by atoms with Gasteiger partial charge < -0.3 is 0 Å². The number of rotatable bonds is 3. The molecule has 3 N–H and O–H groups in total. The summed E-state index contributed by atoms with van der Waals surface area (Å²) >= 11 is 1.74. The molecule has 0 spiro atoms. The highest BCUT2D eigenvalue weighted by Crippen LogP contribution is 2.32. The first-order chi connectivity index (χ1) is 9.29. The first kappa shape index (κ1) is 12.3. The zero-order chi connectivity index (χ0) is 13.2. The second-order valence-electron chi connectivity index (χ2n) is 4.58. The van der Waals surface area contributed by atoms with Crippen molar-refractivity contribution in [1.29, 1.82) is 0 Å². The van der Waals surface area contributed by atoms with Gasteiger partial charge in [-0.15, -0.1) is 11.3 Å². The SMILES string of the molecule is Cc1cncc(C(NN)c2csc3ccccc23)c1. The standard InChI is InChI=1S/C15H15N3S/c1-10-6-11(8-17-7-10)15(18-16)13-9-19-14-5-3-2-4-12(13)14/h2-9,15,18H,16H2,1H3. The van der Waals surface area contributed by atoms with Crippen molar-refractivity contribution in [3.05, 3.63) is 64.8 Å². The Morgan fingerprint density at radius 3 is 2.89 bits per heavy atom. The number of nitrogens with one attached hydrogen (secondary N) is 1. The molecule has 2 aromatic heterocycles. The molecule has 3 aromatic rings. The number of nitrogens with two attached hydrogens (primary N) is 1. The average Bonchev–Trinajstić information content (AvgIpc) is 2.84. The van der Waals surface area contributed by atoms with Crippen molar-refractivity contribution in [2.45, 2.75) is 13.0 Å². The third-order valence-corrected chi connectivity index (χ3v) is 4.20. The first-order valence-corrected chi connectivity index (χ1v) is 7.01. The highest BCUT2D eigenvalue weighted by molar-refractivity contribution is 7.17. The smallest absolute Gasteiger partial charge is 0.0739 e. The molecule has 2 heterocycles. The van der Waals surface area contributed by atoms with Crippen LogP contribution < -0.4 is 11.3 Å². The zero-order valence-electron chi connectivity index (χ0n) is 10.6. The van der Waals surface area contributed by atoms with Crippen LogP contribution in [0.4, 0.5) is 0 Å². The molecule has 0 amide bonds. The van der Waals surface area contributed by atoms with Crippen LogP contribution in [-0.2, 0) is 0 Å². The molecule has 0 aliphatic heterocycles. The Hall–Kier alpha value is -1.75. The molecular weight excluding hydrogens is 254 g/mol. The molecule has 19 heavy (non-hydrogen) atoms. The third kappa shape index (κ3) is 2.26. The summed E-state index contributed by atoms with van der Waals surface area (Å²) in [5.74, 6) is 5.76. The minimum absolute atomic E-state index is 0.0245. The molecule has 0 fully saturated rings. The zero-order valence-corrected chi connectivity index (χ0v) is 11.4. The Bertz CT molecular complexity index is 705. The van der Waals surface area contributed by atoms with Gasteiger partial charge in [0.15, 0.2) is 0 Å². The van der Waals surface area contributed by atoms with E-state index in [9.17, 15) is 0 Å². The van der Waals surface area contributed by atoms with Crippen molar-refractivity contribution in [2.75, 3.05) is 0 Å². The Morgan fingerprint density at radius 2 is 2.11 bits per heavy atom. The number of hydrazine groups is 1. The average molecular weight is 269 g/mol. The van der Waals surface area contributed by atoms with Crippen LogP contribution in [0.3, 0.4) is 0 Å². The van der Waals surface area contributed by atoms with Gasteiger partial charge in [0, 0.05) is 17.1 Å². The predicted molar refractivity (Wildman–Crippen MR) is 80.0 cm³/mol. The highest BCUT2D eigenvalue weighted by atomic mass is 32.1. The predicted octanol–water partition coefficient (Wildman–Crippen LogP) is 3.16. The fourth-order valence-electron chi connectivity index (χ4n) is 2.32. The summed E-state index contributed by atoms with van der Waals surface area (Å²) in [7, 11) is 0. The van der Waals surface area contributed by atoms with E-state index >= 15 is 0 Å². The first-order valence-electron chi connectivity index (χ1n) is 6.13. The lowest BCUT2D eigenvalue weighted by atomic mass is 9.99. The van der Waals surface area contributed by atoms with Crippen LogP contribution in [0.25, 0.3) is 10.1 Å². The van der Waals surface area contributed by atoms with Crippen LogP contribution in [-0.4, -0.2) is 4.98 Å². The Labute approximate surface area is 116 Å². The normalized spacial score (nSPS) is 12.7. The molecule has 0 saturated heterocycles. The van der Waals surface area contributed by atoms with E-state index in [1.54, 1.807) is 11.3 Å². The molecule has 1 atom stereocenters. The van der Waals surface area contributed by atoms with E-state index in [4.69, 9.17) is 5.84 Å². The molecule has 0 aliphatic rings. The lowest BCUT2D eigenvalue weighted by Crippen LogP contribution is -2.28. The van der Waals surface area contributed by atoms with E-state index in [1.807, 2.05) is 19.3 Å². The summed E-state index contributed by atoms with van der Waals surface area (Å²) in [5, 5.41) is 3.41. The van der Waals surface area contributed by atoms with Crippen LogP contribution >= 0.6 is 11.3 Å². The summed E-state index contributed by atoms with van der Waals surface area (Å²) in [5.41, 5.74) is 6.34. The molecule has 1 aromatic carbocycles. The Morgan fingerprint density at radius 1 is 1.26 bits per heavy atom. The highest BCUT2D eigenvalue weighted by Gasteiger charge is 2.16. The number of aryl methyl sites for hydroxylation is 1. The number of pyridine rings is 1. The maximum Gasteiger partial charge on any atom is 0.0739 e. The molecule has 0 radical (unpaired) electrons. The van der Waals surface area contributed by atoms with Crippen molar-refractivity contribution in [3.8, 4) is 0 Å². The van der Waals surface area contributed by atoms with E-state index in [1.165, 1.54) is 15.6 Å². The lowest BCUT2D eigenvalue weighted by Gasteiger charge is -2.16. The number of aromatic nitrogens is 1. The summed E-state index contributed by atoms with van der Waals surface area (Å²) in [6, 6.07) is 10.5. The van der Waals surface area contributed by atoms with Crippen molar-refractivity contribution < 1.29 is 0 Å². The summed E-state index contributed by atoms with van der Waals surface area (Å²) in [4.78, 5) is 4.25. The molecule has 1 unspecified atom stereocenters. The molecule has 0 bridgehead atoms. The van der Waals surface area contributed by atoms with Crippen molar-refractivity contribution in [3.63, 3.8) is 0 Å². The minimum Gasteiger partial charge on any atom is -0.271 e. The summed E-state index contributed by atoms with van der Waals surface area (Å²) in [6.07, 6.45) is 3.72. The fraction of sp³-hybridized carbons (Fsp3) is 0.133. The van der Waals surface area contributed by atoms with Gasteiger partial charge in [0.1, 0.15) is 0 Å². The molecule has 3 nitrogen and oxygen atoms in total. The summed E-state index contributed by atoms with van der Waals surface area (Å²) < 4.78 is 1.28. The van der Waals surface area contributed by atoms with Gasteiger partial charge >= 0.3 is 0 Å². The molecule has 96 valence electrons. The third-order valence-electron chi connectivity index (χ3n) is 3.22. The van der Waals surface area contributed by atoms with Crippen LogP contribution in [0.15, 0.2) is 48.1 Å². The number of hydrogen-bond donors (Lipinski definition) is 2. The van der Waals surface area contributed by atoms with Crippen LogP contribution in [0.1, 0.15) is 22.7 Å². The monoisotopic (exact) mass is 269 g/mol. The van der Waals surface area contributed by atoms with Gasteiger partial charge in [-0.25, -0.2) is 5.43 Å². The maximum atomic E-state index is 5.76. The van der Waals surface area contributed by atoms with E-state index < -0.39 is 0 Å². The van der Waals surface area contributed by atoms with Gasteiger partial charge in [0.2, 0.25) is 0 Å². The topological polar surface area (TPSA) is 50.9 Å². The number of hydrogen-bond acceptors (Lipinski definition) is 4. The van der Waals surface area contributed by atoms with Crippen LogP contribution in [0, 0.1) is 6.92 Å². The quantitative estimate of drug-likeness (QED) is 0.567. The number of thiophene rings is 1. The molecule has 0 saturated carbocycles. The van der Waals surface area contributed by atoms with Gasteiger partial charge in [0.25, 0.3) is 0 Å². The van der Waals surface area contributed by atoms with Gasteiger partial charge in [0.05, 0.1) is 6.04 Å². The van der Waals surface area contributed by atoms with E-state index in [0.29, 0.717) is 0 Å². The van der Waals surface area contributed by atoms with Gasteiger partial charge in [-0.05, 0) is 40.4 Å². The van der Waals surface area contributed by atoms with Crippen molar-refractivity contribution in [2.24, 2.45) is 5.84 Å². The number of fused-ring (bicyclic) bond motifs is 1. The summed E-state index contributed by atoms with van der Waals surface area (Å²) in [6.45, 7) is 2.04. The molecule has 0 aliphatic carbocycles. The van der Waals surface area contributed by atoms with Gasteiger partial charge in [-0.2, -0.15) is 0 Å². The lowest BCUT2D eigenvalue weighted by molar-refractivity contribution is 0.639. The molecule has 3 rings (SSSR count). The van der Waals surface area contributed by atoms with Gasteiger partial charge in [-0.1, -0.05) is 24.3 Å². The van der Waals surface area contributed by atoms with Crippen molar-refractivity contribution >= 4 is 21.4 Å². The van der Waals surface area contributed by atoms with Crippen LogP contribution in [0.5, 0.6) is 0 Å². The Kier molecular flexibility index (Phi) is 3.29. The minimum atomic E-state index is -0.0245. The maximum absolute atomic E-state index is 5.76. The van der Waals surface area contributed by atoms with Gasteiger partial charge in [-0.3, -0.25) is 10.8 Å². The fourth-order valence-corrected chi connectivity index (χ4v) is 3.31. The number of benzene rings is 1. The second-order valence-corrected chi connectivity index (χ2v) is 5.49. The molecule has 4 heteroatoms. The van der Waals surface area contributed by atoms with Crippen molar-refractivity contribution in [1.82, 2.24) is 10.4 Å². The Balaban J connectivity index is 2.12. The van der Waals surface area contributed by atoms with E-state index in [0.717, 1.165) is 11.1 Å². The number of nitrogens with zero attached hydrogens (tertiary/aromatic N) is 1.